The Bertz CT molecular complexity index is 176. The highest BCUT2D eigenvalue weighted by Gasteiger charge is 2.54. The van der Waals surface area contributed by atoms with Gasteiger partial charge < -0.3 is 10.2 Å². The summed E-state index contributed by atoms with van der Waals surface area (Å²) >= 11 is 0. The highest BCUT2D eigenvalue weighted by Crippen LogP contribution is 2.57. The van der Waals surface area contributed by atoms with Gasteiger partial charge in [0.05, 0.1) is 12.0 Å². The molecule has 5 nitrogen and oxygen atoms in total. The van der Waals surface area contributed by atoms with Crippen LogP contribution < -0.4 is 0 Å². The van der Waals surface area contributed by atoms with E-state index in [2.05, 4.69) is 0 Å². The molecular formula is C9H22O5P+. The van der Waals surface area contributed by atoms with Gasteiger partial charge in [0, 0.05) is 0 Å². The van der Waals surface area contributed by atoms with Crippen LogP contribution >= 0.6 is 7.94 Å². The third kappa shape index (κ3) is 3.94. The Labute approximate surface area is 91.0 Å². The lowest BCUT2D eigenvalue weighted by atomic mass is 9.81. The molecule has 0 aliphatic heterocycles. The van der Waals surface area contributed by atoms with E-state index in [0.717, 1.165) is 12.8 Å². The van der Waals surface area contributed by atoms with Gasteiger partial charge in [0.25, 0.3) is 5.85 Å². The summed E-state index contributed by atoms with van der Waals surface area (Å²) in [6.07, 6.45) is 2.48. The molecule has 0 saturated heterocycles. The van der Waals surface area contributed by atoms with Gasteiger partial charge in [-0.1, -0.05) is 26.7 Å². The summed E-state index contributed by atoms with van der Waals surface area (Å²) in [5, 5.41) is 18.9. The second kappa shape index (κ2) is 6.09. The molecule has 0 aliphatic carbocycles. The van der Waals surface area contributed by atoms with Gasteiger partial charge in [0.15, 0.2) is 0 Å². The summed E-state index contributed by atoms with van der Waals surface area (Å²) in [7, 11) is -4.31. The zero-order valence-electron chi connectivity index (χ0n) is 9.30. The van der Waals surface area contributed by atoms with Gasteiger partial charge in [-0.2, -0.15) is 14.7 Å². The van der Waals surface area contributed by atoms with E-state index >= 15 is 0 Å². The van der Waals surface area contributed by atoms with Gasteiger partial charge in [-0.15, -0.1) is 0 Å². The van der Waals surface area contributed by atoms with Crippen molar-refractivity contribution < 1.29 is 24.9 Å². The summed E-state index contributed by atoms with van der Waals surface area (Å²) in [5.41, 5.74) is -1.01. The van der Waals surface area contributed by atoms with Crippen LogP contribution in [-0.4, -0.2) is 37.3 Å². The molecule has 2 unspecified atom stereocenters. The van der Waals surface area contributed by atoms with Crippen molar-refractivity contribution in [2.45, 2.75) is 45.4 Å². The molecule has 0 spiro atoms. The second-order valence-corrected chi connectivity index (χ2v) is 5.68. The molecule has 0 rings (SSSR count). The Morgan fingerprint density at radius 1 is 1.20 bits per heavy atom. The van der Waals surface area contributed by atoms with Gasteiger partial charge in [0.1, 0.15) is 0 Å². The fourth-order valence-corrected chi connectivity index (χ4v) is 2.79. The van der Waals surface area contributed by atoms with Gasteiger partial charge in [-0.3, -0.25) is 0 Å². The maximum Gasteiger partial charge on any atom is 0.435 e. The van der Waals surface area contributed by atoms with E-state index in [4.69, 9.17) is 14.7 Å². The first-order valence-corrected chi connectivity index (χ1v) is 6.91. The number of rotatable bonds is 7. The van der Waals surface area contributed by atoms with Crippen LogP contribution in [0.3, 0.4) is 0 Å². The zero-order chi connectivity index (χ0) is 12.1. The summed E-state index contributed by atoms with van der Waals surface area (Å²) in [4.78, 5) is 27.1. The SMILES string of the molecule is CCCCC(CC)(CO)C(O)[P+](O)(O)O. The second-order valence-electron chi connectivity index (χ2n) is 3.97. The molecule has 0 fully saturated rings. The standard InChI is InChI=1S/C9H22O5P/c1-3-5-6-9(4-2,7-10)8(11)15(12,13)14/h8,10-14H,3-7H2,1-2H3/q+1. The first-order valence-electron chi connectivity index (χ1n) is 5.20. The molecule has 0 aromatic rings. The van der Waals surface area contributed by atoms with E-state index in [9.17, 15) is 10.2 Å². The molecule has 0 saturated carbocycles. The first-order chi connectivity index (χ1) is 6.84. The first kappa shape index (κ1) is 15.2. The maximum absolute atomic E-state index is 9.66. The van der Waals surface area contributed by atoms with Gasteiger partial charge >= 0.3 is 7.94 Å². The number of aliphatic hydroxyl groups excluding tert-OH is 2. The lowest BCUT2D eigenvalue weighted by Crippen LogP contribution is -2.39. The van der Waals surface area contributed by atoms with Gasteiger partial charge in [-0.05, 0) is 12.8 Å². The van der Waals surface area contributed by atoms with Crippen molar-refractivity contribution >= 4 is 7.94 Å². The van der Waals surface area contributed by atoms with Crippen molar-refractivity contribution in [1.82, 2.24) is 0 Å². The fraction of sp³-hybridized carbons (Fsp3) is 1.00. The van der Waals surface area contributed by atoms with Gasteiger partial charge in [0.2, 0.25) is 0 Å². The topological polar surface area (TPSA) is 101 Å². The number of hydrogen-bond acceptors (Lipinski definition) is 5. The van der Waals surface area contributed by atoms with Gasteiger partial charge in [-0.25, -0.2) is 0 Å². The molecule has 92 valence electrons. The number of aliphatic hydroxyl groups is 2. The molecule has 0 amide bonds. The van der Waals surface area contributed by atoms with Crippen LogP contribution in [0, 0.1) is 5.41 Å². The van der Waals surface area contributed by atoms with Crippen molar-refractivity contribution in [2.24, 2.45) is 5.41 Å². The molecular weight excluding hydrogens is 219 g/mol. The minimum absolute atomic E-state index is 0.367. The lowest BCUT2D eigenvalue weighted by Gasteiger charge is -2.33. The monoisotopic (exact) mass is 241 g/mol. The van der Waals surface area contributed by atoms with Crippen molar-refractivity contribution in [1.29, 1.82) is 0 Å². The molecule has 0 radical (unpaired) electrons. The minimum atomic E-state index is -4.31. The molecule has 2 atom stereocenters. The molecule has 5 N–H and O–H groups in total. The zero-order valence-corrected chi connectivity index (χ0v) is 10.2. The van der Waals surface area contributed by atoms with E-state index in [1.165, 1.54) is 0 Å². The summed E-state index contributed by atoms with van der Waals surface area (Å²) in [6, 6.07) is 0. The summed E-state index contributed by atoms with van der Waals surface area (Å²) in [6.45, 7) is 3.34. The molecule has 15 heavy (non-hydrogen) atoms. The van der Waals surface area contributed by atoms with Crippen LogP contribution in [0.1, 0.15) is 39.5 Å². The van der Waals surface area contributed by atoms with E-state index < -0.39 is 19.2 Å². The van der Waals surface area contributed by atoms with E-state index in [1.54, 1.807) is 6.92 Å². The van der Waals surface area contributed by atoms with Crippen LogP contribution in [0.5, 0.6) is 0 Å². The minimum Gasteiger partial charge on any atom is -0.396 e. The quantitative estimate of drug-likeness (QED) is 0.421. The van der Waals surface area contributed by atoms with Crippen LogP contribution in [0.15, 0.2) is 0 Å². The smallest absolute Gasteiger partial charge is 0.396 e. The Balaban J connectivity index is 4.75. The van der Waals surface area contributed by atoms with Crippen LogP contribution in [0.25, 0.3) is 0 Å². The average molecular weight is 241 g/mol. The van der Waals surface area contributed by atoms with Crippen molar-refractivity contribution in [2.75, 3.05) is 6.61 Å². The van der Waals surface area contributed by atoms with Crippen LogP contribution in [0.2, 0.25) is 0 Å². The Morgan fingerprint density at radius 2 is 1.73 bits per heavy atom. The third-order valence-electron chi connectivity index (χ3n) is 2.92. The van der Waals surface area contributed by atoms with Crippen LogP contribution in [-0.2, 0) is 0 Å². The summed E-state index contributed by atoms with van der Waals surface area (Å²) in [5.74, 6) is -1.66. The predicted molar refractivity (Wildman–Crippen MR) is 58.9 cm³/mol. The molecule has 0 aliphatic rings. The van der Waals surface area contributed by atoms with Crippen LogP contribution in [0.4, 0.5) is 0 Å². The molecule has 6 heteroatoms. The summed E-state index contributed by atoms with van der Waals surface area (Å²) < 4.78 is 0. The molecule has 0 aromatic carbocycles. The molecule has 0 aromatic heterocycles. The maximum atomic E-state index is 9.66. The largest absolute Gasteiger partial charge is 0.435 e. The number of unbranched alkanes of at least 4 members (excludes halogenated alkanes) is 1. The third-order valence-corrected chi connectivity index (χ3v) is 4.13. The van der Waals surface area contributed by atoms with Crippen molar-refractivity contribution in [3.8, 4) is 0 Å². The van der Waals surface area contributed by atoms with E-state index in [-0.39, 0.29) is 6.61 Å². The highest BCUT2D eigenvalue weighted by atomic mass is 31.2. The Morgan fingerprint density at radius 3 is 2.00 bits per heavy atom. The predicted octanol–water partition coefficient (Wildman–Crippen LogP) is 0.623. The molecule has 0 bridgehead atoms. The lowest BCUT2D eigenvalue weighted by molar-refractivity contribution is -0.00226. The fourth-order valence-electron chi connectivity index (χ4n) is 1.66. The van der Waals surface area contributed by atoms with Crippen molar-refractivity contribution in [3.05, 3.63) is 0 Å². The Hall–Kier alpha value is 0.230. The van der Waals surface area contributed by atoms with E-state index in [1.807, 2.05) is 6.92 Å². The average Bonchev–Trinajstić information content (AvgIpc) is 2.18. The Kier molecular flexibility index (Phi) is 6.18. The highest BCUT2D eigenvalue weighted by molar-refractivity contribution is 7.59. The van der Waals surface area contributed by atoms with Crippen molar-refractivity contribution in [3.63, 3.8) is 0 Å². The molecule has 0 heterocycles. The van der Waals surface area contributed by atoms with E-state index in [0.29, 0.717) is 12.8 Å². The normalized spacial score (nSPS) is 18.6. The number of hydrogen-bond donors (Lipinski definition) is 5.